The second-order valence-corrected chi connectivity index (χ2v) is 9.65. The van der Waals surface area contributed by atoms with E-state index in [-0.39, 0.29) is 0 Å². The zero-order valence-electron chi connectivity index (χ0n) is 19.8. The molecule has 0 amide bonds. The fraction of sp³-hybridized carbons (Fsp3) is 0.222. The Morgan fingerprint density at radius 2 is 1.94 bits per heavy atom. The smallest absolute Gasteiger partial charge is 0.143 e. The summed E-state index contributed by atoms with van der Waals surface area (Å²) in [5.74, 6) is 1.35. The molecule has 3 aromatic heterocycles. The van der Waals surface area contributed by atoms with Gasteiger partial charge in [0.05, 0.1) is 22.7 Å². The van der Waals surface area contributed by atoms with Crippen LogP contribution in [0.5, 0.6) is 5.75 Å². The summed E-state index contributed by atoms with van der Waals surface area (Å²) in [5.41, 5.74) is 2.95. The van der Waals surface area contributed by atoms with Gasteiger partial charge in [0.1, 0.15) is 29.3 Å². The molecule has 7 nitrogen and oxygen atoms in total. The molecule has 184 valence electrons. The predicted molar refractivity (Wildman–Crippen MR) is 147 cm³/mol. The van der Waals surface area contributed by atoms with Crippen LogP contribution in [0.15, 0.2) is 67.1 Å². The van der Waals surface area contributed by atoms with E-state index in [4.69, 9.17) is 21.1 Å². The number of methoxy groups -OCH3 is 1. The lowest BCUT2D eigenvalue weighted by molar-refractivity contribution is 0.199. The summed E-state index contributed by atoms with van der Waals surface area (Å²) in [6.07, 6.45) is 4.29. The summed E-state index contributed by atoms with van der Waals surface area (Å²) >= 11 is 8.19. The Morgan fingerprint density at radius 3 is 2.78 bits per heavy atom. The van der Waals surface area contributed by atoms with Crippen LogP contribution >= 0.6 is 22.9 Å². The Labute approximate surface area is 218 Å². The minimum absolute atomic E-state index is 0.353. The van der Waals surface area contributed by atoms with Crippen LogP contribution in [0.3, 0.4) is 0 Å². The lowest BCUT2D eigenvalue weighted by Crippen LogP contribution is -2.21. The van der Waals surface area contributed by atoms with Crippen molar-refractivity contribution in [1.29, 1.82) is 0 Å². The van der Waals surface area contributed by atoms with E-state index in [1.807, 2.05) is 36.4 Å². The number of benzene rings is 2. The molecule has 5 rings (SSSR count). The van der Waals surface area contributed by atoms with Gasteiger partial charge in [-0.2, -0.15) is 0 Å². The average molecular weight is 520 g/mol. The van der Waals surface area contributed by atoms with E-state index in [2.05, 4.69) is 43.8 Å². The third-order valence-electron chi connectivity index (χ3n) is 5.70. The van der Waals surface area contributed by atoms with Gasteiger partial charge in [-0.05, 0) is 54.9 Å². The number of rotatable bonds is 11. The number of ether oxygens (including phenoxy) is 2. The highest BCUT2D eigenvalue weighted by Gasteiger charge is 2.13. The van der Waals surface area contributed by atoms with Crippen molar-refractivity contribution in [1.82, 2.24) is 20.3 Å². The van der Waals surface area contributed by atoms with Crippen LogP contribution in [0.2, 0.25) is 5.02 Å². The third kappa shape index (κ3) is 5.74. The molecular weight excluding hydrogens is 494 g/mol. The van der Waals surface area contributed by atoms with Gasteiger partial charge in [0.15, 0.2) is 0 Å². The molecule has 2 aromatic carbocycles. The van der Waals surface area contributed by atoms with Crippen LogP contribution in [-0.4, -0.2) is 41.8 Å². The first-order valence-electron chi connectivity index (χ1n) is 11.7. The van der Waals surface area contributed by atoms with Gasteiger partial charge in [-0.15, -0.1) is 11.3 Å². The van der Waals surface area contributed by atoms with Crippen molar-refractivity contribution in [3.8, 4) is 5.75 Å². The highest BCUT2D eigenvalue weighted by Crippen LogP contribution is 2.38. The fourth-order valence-electron chi connectivity index (χ4n) is 3.90. The normalized spacial score (nSPS) is 11.3. The third-order valence-corrected chi connectivity index (χ3v) is 7.06. The average Bonchev–Trinajstić information content (AvgIpc) is 3.27. The molecule has 0 spiro atoms. The summed E-state index contributed by atoms with van der Waals surface area (Å²) < 4.78 is 12.1. The van der Waals surface area contributed by atoms with Crippen LogP contribution in [0.1, 0.15) is 11.3 Å². The molecule has 0 aliphatic rings. The van der Waals surface area contributed by atoms with Crippen molar-refractivity contribution in [3.63, 3.8) is 0 Å². The van der Waals surface area contributed by atoms with E-state index >= 15 is 0 Å². The zero-order chi connectivity index (χ0) is 24.7. The number of hydrogen-bond donors (Lipinski definition) is 2. The van der Waals surface area contributed by atoms with Crippen molar-refractivity contribution in [2.24, 2.45) is 0 Å². The van der Waals surface area contributed by atoms with Crippen LogP contribution in [0, 0.1) is 0 Å². The second kappa shape index (κ2) is 11.6. The zero-order valence-corrected chi connectivity index (χ0v) is 21.4. The largest absolute Gasteiger partial charge is 0.486 e. The van der Waals surface area contributed by atoms with Crippen molar-refractivity contribution < 1.29 is 9.47 Å². The molecule has 0 aliphatic heterocycles. The summed E-state index contributed by atoms with van der Waals surface area (Å²) in [4.78, 5) is 14.3. The van der Waals surface area contributed by atoms with E-state index in [0.717, 1.165) is 58.9 Å². The van der Waals surface area contributed by atoms with Crippen LogP contribution in [0.25, 0.3) is 20.3 Å². The van der Waals surface area contributed by atoms with E-state index in [1.54, 1.807) is 31.0 Å². The molecule has 5 aromatic rings. The molecule has 3 heterocycles. The molecule has 0 unspecified atom stereocenters. The molecular formula is C27H26ClN5O2S. The topological polar surface area (TPSA) is 81.2 Å². The number of thiophene rings is 1. The van der Waals surface area contributed by atoms with E-state index in [0.29, 0.717) is 17.4 Å². The Morgan fingerprint density at radius 1 is 1.00 bits per heavy atom. The van der Waals surface area contributed by atoms with Crippen LogP contribution < -0.4 is 15.4 Å². The highest BCUT2D eigenvalue weighted by atomic mass is 35.5. The van der Waals surface area contributed by atoms with Gasteiger partial charge >= 0.3 is 0 Å². The SMILES string of the molecule is COCCNCCc1ccc2c(c1)sc1ncnc(Nc3ccc(OCc4ccccn4)c(Cl)c3)c12. The van der Waals surface area contributed by atoms with Crippen molar-refractivity contribution in [3.05, 3.63) is 83.4 Å². The van der Waals surface area contributed by atoms with Crippen molar-refractivity contribution in [2.75, 3.05) is 32.1 Å². The van der Waals surface area contributed by atoms with Crippen LogP contribution in [-0.2, 0) is 17.8 Å². The second-order valence-electron chi connectivity index (χ2n) is 8.21. The summed E-state index contributed by atoms with van der Waals surface area (Å²) in [7, 11) is 1.71. The maximum absolute atomic E-state index is 6.51. The molecule has 0 saturated heterocycles. The number of anilines is 2. The maximum atomic E-state index is 6.51. The standard InChI is InChI=1S/C27H26ClN5O2S/c1-34-13-12-29-11-9-18-5-7-21-24(14-18)36-27-25(21)26(31-17-32-27)33-19-6-8-23(22(28)15-19)35-16-20-4-2-3-10-30-20/h2-8,10,14-15,17,29H,9,11-13,16H2,1H3,(H,31,32,33). The molecule has 0 radical (unpaired) electrons. The molecule has 9 heteroatoms. The molecule has 0 fully saturated rings. The summed E-state index contributed by atoms with van der Waals surface area (Å²) in [6.45, 7) is 2.84. The number of nitrogens with one attached hydrogen (secondary N) is 2. The predicted octanol–water partition coefficient (Wildman–Crippen LogP) is 5.99. The number of fused-ring (bicyclic) bond motifs is 3. The number of nitrogens with zero attached hydrogens (tertiary/aromatic N) is 3. The molecule has 36 heavy (non-hydrogen) atoms. The van der Waals surface area contributed by atoms with E-state index in [1.165, 1.54) is 10.3 Å². The van der Waals surface area contributed by atoms with E-state index in [9.17, 15) is 0 Å². The number of halogens is 1. The Hall–Kier alpha value is -3.30. The Kier molecular flexibility index (Phi) is 7.88. The maximum Gasteiger partial charge on any atom is 0.143 e. The number of hydrogen-bond acceptors (Lipinski definition) is 8. The van der Waals surface area contributed by atoms with Crippen molar-refractivity contribution in [2.45, 2.75) is 13.0 Å². The van der Waals surface area contributed by atoms with Gasteiger partial charge in [0.2, 0.25) is 0 Å². The van der Waals surface area contributed by atoms with E-state index < -0.39 is 0 Å². The van der Waals surface area contributed by atoms with Gasteiger partial charge in [-0.25, -0.2) is 9.97 Å². The highest BCUT2D eigenvalue weighted by molar-refractivity contribution is 7.25. The Bertz CT molecular complexity index is 1460. The first kappa shape index (κ1) is 24.4. The summed E-state index contributed by atoms with van der Waals surface area (Å²) in [6, 6.07) is 17.9. The van der Waals surface area contributed by atoms with Crippen molar-refractivity contribution >= 4 is 54.7 Å². The van der Waals surface area contributed by atoms with Gasteiger partial charge in [0, 0.05) is 35.6 Å². The lowest BCUT2D eigenvalue weighted by atomic mass is 10.1. The number of pyridine rings is 1. The first-order chi connectivity index (χ1) is 17.7. The Balaban J connectivity index is 1.32. The monoisotopic (exact) mass is 519 g/mol. The quantitative estimate of drug-likeness (QED) is 0.207. The minimum Gasteiger partial charge on any atom is -0.486 e. The van der Waals surface area contributed by atoms with Gasteiger partial charge in [-0.1, -0.05) is 29.8 Å². The molecule has 0 saturated carbocycles. The molecule has 0 bridgehead atoms. The number of aromatic nitrogens is 3. The van der Waals surface area contributed by atoms with Gasteiger partial charge in [-0.3, -0.25) is 4.98 Å². The molecule has 0 atom stereocenters. The molecule has 2 N–H and O–H groups in total. The summed E-state index contributed by atoms with van der Waals surface area (Å²) in [5, 5.41) is 9.47. The van der Waals surface area contributed by atoms with Gasteiger partial charge in [0.25, 0.3) is 0 Å². The van der Waals surface area contributed by atoms with Crippen LogP contribution in [0.4, 0.5) is 11.5 Å². The fourth-order valence-corrected chi connectivity index (χ4v) is 5.24. The first-order valence-corrected chi connectivity index (χ1v) is 12.9. The van der Waals surface area contributed by atoms with Gasteiger partial charge < -0.3 is 20.1 Å². The lowest BCUT2D eigenvalue weighted by Gasteiger charge is -2.11. The minimum atomic E-state index is 0.353. The molecule has 0 aliphatic carbocycles.